The Morgan fingerprint density at radius 3 is 2.52 bits per heavy atom. The quantitative estimate of drug-likeness (QED) is 0.649. The fraction of sp³-hybridized carbons (Fsp3) is 0.250. The van der Waals surface area contributed by atoms with Gasteiger partial charge in [0.05, 0.1) is 13.0 Å². The van der Waals surface area contributed by atoms with E-state index in [0.717, 1.165) is 25.1 Å². The predicted octanol–water partition coefficient (Wildman–Crippen LogP) is 3.88. The molecule has 0 spiro atoms. The van der Waals surface area contributed by atoms with Crippen LogP contribution in [0, 0.1) is 12.7 Å². The number of hydrogen-bond donors (Lipinski definition) is 0. The Morgan fingerprint density at radius 2 is 1.78 bits per heavy atom. The van der Waals surface area contributed by atoms with Gasteiger partial charge in [0.2, 0.25) is 0 Å². The first-order valence-electron chi connectivity index (χ1n) is 8.14. The molecule has 2 aromatic carbocycles. The lowest BCUT2D eigenvalue weighted by molar-refractivity contribution is -0.694. The summed E-state index contributed by atoms with van der Waals surface area (Å²) < 4.78 is 17.9. The molecule has 2 heterocycles. The molecule has 23 heavy (non-hydrogen) atoms. The van der Waals surface area contributed by atoms with Gasteiger partial charge < -0.3 is 0 Å². The Kier molecular flexibility index (Phi) is 3.49. The van der Waals surface area contributed by atoms with Crippen LogP contribution in [0.2, 0.25) is 0 Å². The van der Waals surface area contributed by atoms with Gasteiger partial charge in [0.1, 0.15) is 18.6 Å². The molecule has 3 heteroatoms. The zero-order valence-electron chi connectivity index (χ0n) is 13.3. The van der Waals surface area contributed by atoms with Crippen LogP contribution in [0.4, 0.5) is 4.39 Å². The van der Waals surface area contributed by atoms with E-state index in [4.69, 9.17) is 0 Å². The highest BCUT2D eigenvalue weighted by Gasteiger charge is 2.28. The number of benzene rings is 2. The van der Waals surface area contributed by atoms with Crippen LogP contribution in [-0.2, 0) is 19.5 Å². The van der Waals surface area contributed by atoms with Crippen molar-refractivity contribution in [3.8, 4) is 11.3 Å². The van der Waals surface area contributed by atoms with Gasteiger partial charge in [0.15, 0.2) is 5.69 Å². The summed E-state index contributed by atoms with van der Waals surface area (Å²) in [5.74, 6) is 1.18. The number of hydrogen-bond acceptors (Lipinski definition) is 0. The van der Waals surface area contributed by atoms with E-state index >= 15 is 0 Å². The molecule has 0 bridgehead atoms. The Hall–Kier alpha value is -2.42. The number of halogens is 1. The topological polar surface area (TPSA) is 8.81 Å². The Bertz CT molecular complexity index is 829. The largest absolute Gasteiger partial charge is 0.257 e. The van der Waals surface area contributed by atoms with E-state index in [1.54, 1.807) is 0 Å². The van der Waals surface area contributed by atoms with Crippen LogP contribution in [-0.4, -0.2) is 4.57 Å². The van der Waals surface area contributed by atoms with Crippen LogP contribution in [0.3, 0.4) is 0 Å². The number of fused-ring (bicyclic) bond motifs is 1. The minimum absolute atomic E-state index is 0.186. The molecule has 0 aliphatic carbocycles. The van der Waals surface area contributed by atoms with E-state index in [0.29, 0.717) is 0 Å². The maximum atomic E-state index is 13.2. The molecule has 0 saturated carbocycles. The maximum Gasteiger partial charge on any atom is 0.257 e. The number of imidazole rings is 1. The summed E-state index contributed by atoms with van der Waals surface area (Å²) in [5.41, 5.74) is 4.86. The number of aryl methyl sites for hydroxylation is 1. The highest BCUT2D eigenvalue weighted by atomic mass is 19.1. The second kappa shape index (κ2) is 5.65. The average molecular weight is 307 g/mol. The fourth-order valence-corrected chi connectivity index (χ4v) is 3.39. The van der Waals surface area contributed by atoms with Crippen molar-refractivity contribution in [3.63, 3.8) is 0 Å². The summed E-state index contributed by atoms with van der Waals surface area (Å²) in [6, 6.07) is 15.5. The minimum Gasteiger partial charge on any atom is -0.229 e. The Morgan fingerprint density at radius 1 is 1.04 bits per heavy atom. The number of rotatable bonds is 3. The van der Waals surface area contributed by atoms with Crippen molar-refractivity contribution in [2.75, 3.05) is 0 Å². The molecule has 0 unspecified atom stereocenters. The molecule has 3 aromatic rings. The lowest BCUT2D eigenvalue weighted by Crippen LogP contribution is -2.36. The van der Waals surface area contributed by atoms with Crippen molar-refractivity contribution in [2.24, 2.45) is 0 Å². The standard InChI is InChI=1S/C20H20FN2/c1-15-4-6-16(7-5-15)13-22-14-19(23-12-2-3-20(22)23)17-8-10-18(21)11-9-17/h4-11,14H,2-3,12-13H2,1H3/q+1. The molecule has 4 rings (SSSR count). The van der Waals surface area contributed by atoms with Gasteiger partial charge in [-0.15, -0.1) is 0 Å². The van der Waals surface area contributed by atoms with Crippen LogP contribution >= 0.6 is 0 Å². The Labute approximate surface area is 135 Å². The molecule has 0 saturated heterocycles. The summed E-state index contributed by atoms with van der Waals surface area (Å²) in [5, 5.41) is 0. The van der Waals surface area contributed by atoms with E-state index in [-0.39, 0.29) is 5.82 Å². The lowest BCUT2D eigenvalue weighted by Gasteiger charge is -2.00. The van der Waals surface area contributed by atoms with Gasteiger partial charge in [-0.25, -0.2) is 13.5 Å². The predicted molar refractivity (Wildman–Crippen MR) is 88.6 cm³/mol. The molecular weight excluding hydrogens is 287 g/mol. The zero-order valence-corrected chi connectivity index (χ0v) is 13.3. The Balaban J connectivity index is 1.72. The first kappa shape index (κ1) is 14.2. The van der Waals surface area contributed by atoms with Gasteiger partial charge in [0, 0.05) is 5.56 Å². The number of aromatic nitrogens is 2. The van der Waals surface area contributed by atoms with Gasteiger partial charge in [-0.2, -0.15) is 0 Å². The van der Waals surface area contributed by atoms with Crippen molar-refractivity contribution in [3.05, 3.63) is 77.5 Å². The molecule has 1 aromatic heterocycles. The van der Waals surface area contributed by atoms with Crippen LogP contribution in [0.25, 0.3) is 11.3 Å². The summed E-state index contributed by atoms with van der Waals surface area (Å²) in [6.45, 7) is 4.04. The molecule has 1 aliphatic rings. The van der Waals surface area contributed by atoms with E-state index < -0.39 is 0 Å². The zero-order chi connectivity index (χ0) is 15.8. The van der Waals surface area contributed by atoms with E-state index in [1.807, 2.05) is 12.1 Å². The highest BCUT2D eigenvalue weighted by Crippen LogP contribution is 2.25. The van der Waals surface area contributed by atoms with E-state index in [2.05, 4.69) is 46.5 Å². The van der Waals surface area contributed by atoms with Crippen molar-refractivity contribution in [1.82, 2.24) is 4.57 Å². The smallest absolute Gasteiger partial charge is 0.229 e. The van der Waals surface area contributed by atoms with E-state index in [1.165, 1.54) is 41.2 Å². The third-order valence-electron chi connectivity index (χ3n) is 4.61. The SMILES string of the molecule is Cc1ccc(C[n+]2cc(-c3ccc(F)cc3)n3c2CCC3)cc1. The third kappa shape index (κ3) is 2.67. The monoisotopic (exact) mass is 307 g/mol. The normalized spacial score (nSPS) is 13.3. The first-order valence-corrected chi connectivity index (χ1v) is 8.14. The van der Waals surface area contributed by atoms with Crippen molar-refractivity contribution in [2.45, 2.75) is 32.9 Å². The van der Waals surface area contributed by atoms with Crippen molar-refractivity contribution in [1.29, 1.82) is 0 Å². The highest BCUT2D eigenvalue weighted by molar-refractivity contribution is 5.58. The number of nitrogens with zero attached hydrogens (tertiary/aromatic N) is 2. The van der Waals surface area contributed by atoms with Gasteiger partial charge >= 0.3 is 0 Å². The molecule has 0 amide bonds. The minimum atomic E-state index is -0.186. The average Bonchev–Trinajstić information content (AvgIpc) is 3.14. The van der Waals surface area contributed by atoms with Gasteiger partial charge in [-0.1, -0.05) is 29.8 Å². The fourth-order valence-electron chi connectivity index (χ4n) is 3.39. The molecule has 116 valence electrons. The third-order valence-corrected chi connectivity index (χ3v) is 4.61. The van der Waals surface area contributed by atoms with Crippen molar-refractivity contribution < 1.29 is 8.96 Å². The molecular formula is C20H20FN2+. The summed E-state index contributed by atoms with van der Waals surface area (Å²) >= 11 is 0. The molecule has 0 N–H and O–H groups in total. The molecule has 2 nitrogen and oxygen atoms in total. The van der Waals surface area contributed by atoms with Crippen LogP contribution in [0.5, 0.6) is 0 Å². The molecule has 0 atom stereocenters. The van der Waals surface area contributed by atoms with Crippen LogP contribution < -0.4 is 4.57 Å². The lowest BCUT2D eigenvalue weighted by atomic mass is 10.1. The molecule has 0 fully saturated rings. The van der Waals surface area contributed by atoms with Crippen molar-refractivity contribution >= 4 is 0 Å². The maximum absolute atomic E-state index is 13.2. The molecule has 1 aliphatic heterocycles. The molecule has 0 radical (unpaired) electrons. The summed E-state index contributed by atoms with van der Waals surface area (Å²) in [7, 11) is 0. The van der Waals surface area contributed by atoms with E-state index in [9.17, 15) is 4.39 Å². The summed E-state index contributed by atoms with van der Waals surface area (Å²) in [6.07, 6.45) is 4.49. The first-order chi connectivity index (χ1) is 11.2. The van der Waals surface area contributed by atoms with Gasteiger partial charge in [0.25, 0.3) is 5.82 Å². The summed E-state index contributed by atoms with van der Waals surface area (Å²) in [4.78, 5) is 0. The van der Waals surface area contributed by atoms with Crippen LogP contribution in [0.1, 0.15) is 23.4 Å². The second-order valence-corrected chi connectivity index (χ2v) is 6.31. The van der Waals surface area contributed by atoms with Gasteiger partial charge in [-0.3, -0.25) is 0 Å². The van der Waals surface area contributed by atoms with Gasteiger partial charge in [-0.05, 0) is 43.2 Å². The van der Waals surface area contributed by atoms with Crippen LogP contribution in [0.15, 0.2) is 54.7 Å². The second-order valence-electron chi connectivity index (χ2n) is 6.31.